The van der Waals surface area contributed by atoms with Crippen LogP contribution in [0.1, 0.15) is 18.9 Å². The summed E-state index contributed by atoms with van der Waals surface area (Å²) >= 11 is 5.75. The Bertz CT molecular complexity index is 308. The average Bonchev–Trinajstić information content (AvgIpc) is 2.22. The van der Waals surface area contributed by atoms with Crippen LogP contribution < -0.4 is 5.32 Å². The molecule has 2 nitrogen and oxygen atoms in total. The highest BCUT2D eigenvalue weighted by Gasteiger charge is 2.02. The van der Waals surface area contributed by atoms with Gasteiger partial charge in [-0.25, -0.2) is 0 Å². The second-order valence-electron chi connectivity index (χ2n) is 3.52. The van der Waals surface area contributed by atoms with Crippen molar-refractivity contribution >= 4 is 17.4 Å². The van der Waals surface area contributed by atoms with Gasteiger partial charge in [-0.3, -0.25) is 4.79 Å². The number of benzene rings is 1. The van der Waals surface area contributed by atoms with Gasteiger partial charge in [-0.15, -0.1) is 0 Å². The molecule has 1 aromatic rings. The minimum atomic E-state index is 0.214. The Kier molecular flexibility index (Phi) is 5.37. The van der Waals surface area contributed by atoms with E-state index in [1.54, 1.807) is 0 Å². The monoisotopic (exact) mass is 225 g/mol. The molecule has 0 spiro atoms. The van der Waals surface area contributed by atoms with Gasteiger partial charge in [0.15, 0.2) is 5.78 Å². The minimum absolute atomic E-state index is 0.214. The van der Waals surface area contributed by atoms with E-state index < -0.39 is 0 Å². The molecule has 0 amide bonds. The van der Waals surface area contributed by atoms with E-state index in [1.807, 2.05) is 24.3 Å². The Morgan fingerprint density at radius 2 is 2.00 bits per heavy atom. The van der Waals surface area contributed by atoms with Crippen molar-refractivity contribution in [2.24, 2.45) is 0 Å². The molecule has 0 fully saturated rings. The first-order chi connectivity index (χ1) is 7.22. The van der Waals surface area contributed by atoms with Crippen molar-refractivity contribution in [1.29, 1.82) is 0 Å². The molecular formula is C12H16ClNO. The predicted octanol–water partition coefficient (Wildman–Crippen LogP) is 2.45. The average molecular weight is 226 g/mol. The molecule has 0 aliphatic carbocycles. The molecule has 0 heterocycles. The van der Waals surface area contributed by atoms with Crippen molar-refractivity contribution in [3.05, 3.63) is 34.9 Å². The zero-order chi connectivity index (χ0) is 11.1. The van der Waals surface area contributed by atoms with E-state index in [2.05, 4.69) is 12.2 Å². The summed E-state index contributed by atoms with van der Waals surface area (Å²) in [6, 6.07) is 7.40. The van der Waals surface area contributed by atoms with Gasteiger partial charge >= 0.3 is 0 Å². The zero-order valence-corrected chi connectivity index (χ0v) is 9.68. The van der Waals surface area contributed by atoms with E-state index in [-0.39, 0.29) is 5.78 Å². The summed E-state index contributed by atoms with van der Waals surface area (Å²) in [6.07, 6.45) is 1.53. The SMILES string of the molecule is CCCNCC(=O)Cc1ccc(Cl)cc1. The van der Waals surface area contributed by atoms with Crippen LogP contribution in [-0.4, -0.2) is 18.9 Å². The summed E-state index contributed by atoms with van der Waals surface area (Å²) in [4.78, 5) is 11.5. The third kappa shape index (κ3) is 4.96. The highest BCUT2D eigenvalue weighted by Crippen LogP contribution is 2.09. The molecule has 1 N–H and O–H groups in total. The van der Waals surface area contributed by atoms with Gasteiger partial charge in [0.2, 0.25) is 0 Å². The summed E-state index contributed by atoms with van der Waals surface area (Å²) in [5.74, 6) is 0.214. The second kappa shape index (κ2) is 6.59. The lowest BCUT2D eigenvalue weighted by molar-refractivity contribution is -0.117. The fourth-order valence-electron chi connectivity index (χ4n) is 1.30. The van der Waals surface area contributed by atoms with Crippen molar-refractivity contribution in [2.75, 3.05) is 13.1 Å². The fourth-order valence-corrected chi connectivity index (χ4v) is 1.42. The van der Waals surface area contributed by atoms with Crippen LogP contribution in [0.3, 0.4) is 0 Å². The molecule has 3 heteroatoms. The van der Waals surface area contributed by atoms with Gasteiger partial charge in [0.05, 0.1) is 6.54 Å². The molecule has 0 saturated carbocycles. The van der Waals surface area contributed by atoms with Crippen LogP contribution in [0, 0.1) is 0 Å². The lowest BCUT2D eigenvalue weighted by Gasteiger charge is -2.02. The lowest BCUT2D eigenvalue weighted by atomic mass is 10.1. The van der Waals surface area contributed by atoms with Crippen molar-refractivity contribution < 1.29 is 4.79 Å². The van der Waals surface area contributed by atoms with E-state index in [0.29, 0.717) is 18.0 Å². The van der Waals surface area contributed by atoms with Crippen molar-refractivity contribution in [1.82, 2.24) is 5.32 Å². The summed E-state index contributed by atoms with van der Waals surface area (Å²) in [5, 5.41) is 3.79. The smallest absolute Gasteiger partial charge is 0.150 e. The third-order valence-electron chi connectivity index (χ3n) is 2.06. The Morgan fingerprint density at radius 3 is 2.60 bits per heavy atom. The van der Waals surface area contributed by atoms with Crippen molar-refractivity contribution in [3.8, 4) is 0 Å². The molecule has 0 aromatic heterocycles. The summed E-state index contributed by atoms with van der Waals surface area (Å²) in [6.45, 7) is 3.43. The van der Waals surface area contributed by atoms with Gasteiger partial charge in [0.1, 0.15) is 0 Å². The number of rotatable bonds is 6. The number of carbonyl (C=O) groups is 1. The topological polar surface area (TPSA) is 29.1 Å². The Morgan fingerprint density at radius 1 is 1.33 bits per heavy atom. The van der Waals surface area contributed by atoms with Crippen LogP contribution in [-0.2, 0) is 11.2 Å². The van der Waals surface area contributed by atoms with E-state index in [0.717, 1.165) is 18.5 Å². The molecule has 0 unspecified atom stereocenters. The number of hydrogen-bond donors (Lipinski definition) is 1. The Labute approximate surface area is 95.6 Å². The van der Waals surface area contributed by atoms with E-state index >= 15 is 0 Å². The van der Waals surface area contributed by atoms with Crippen LogP contribution in [0.2, 0.25) is 5.02 Å². The molecule has 0 saturated heterocycles. The van der Waals surface area contributed by atoms with Gasteiger partial charge in [-0.1, -0.05) is 30.7 Å². The minimum Gasteiger partial charge on any atom is -0.310 e. The van der Waals surface area contributed by atoms with E-state index in [9.17, 15) is 4.79 Å². The summed E-state index contributed by atoms with van der Waals surface area (Å²) < 4.78 is 0. The molecule has 0 bridgehead atoms. The van der Waals surface area contributed by atoms with Crippen LogP contribution in [0.25, 0.3) is 0 Å². The molecule has 82 valence electrons. The van der Waals surface area contributed by atoms with Crippen molar-refractivity contribution in [3.63, 3.8) is 0 Å². The Hall–Kier alpha value is -0.860. The maximum absolute atomic E-state index is 11.5. The third-order valence-corrected chi connectivity index (χ3v) is 2.32. The number of ketones is 1. The van der Waals surface area contributed by atoms with Crippen LogP contribution >= 0.6 is 11.6 Å². The van der Waals surface area contributed by atoms with Crippen LogP contribution in [0.5, 0.6) is 0 Å². The van der Waals surface area contributed by atoms with Gasteiger partial charge in [-0.05, 0) is 30.7 Å². The highest BCUT2D eigenvalue weighted by molar-refractivity contribution is 6.30. The highest BCUT2D eigenvalue weighted by atomic mass is 35.5. The van der Waals surface area contributed by atoms with Crippen LogP contribution in [0.15, 0.2) is 24.3 Å². The van der Waals surface area contributed by atoms with Gasteiger partial charge < -0.3 is 5.32 Å². The zero-order valence-electron chi connectivity index (χ0n) is 8.92. The quantitative estimate of drug-likeness (QED) is 0.754. The number of halogens is 1. The maximum atomic E-state index is 11.5. The molecule has 0 radical (unpaired) electrons. The second-order valence-corrected chi connectivity index (χ2v) is 3.96. The van der Waals surface area contributed by atoms with Crippen molar-refractivity contribution in [2.45, 2.75) is 19.8 Å². The van der Waals surface area contributed by atoms with Gasteiger partial charge in [0.25, 0.3) is 0 Å². The maximum Gasteiger partial charge on any atom is 0.150 e. The number of Topliss-reactive ketones (excluding diaryl/α,β-unsaturated/α-hetero) is 1. The summed E-state index contributed by atoms with van der Waals surface area (Å²) in [5.41, 5.74) is 1.02. The molecule has 0 aliphatic rings. The Balaban J connectivity index is 2.34. The molecule has 0 aliphatic heterocycles. The largest absolute Gasteiger partial charge is 0.310 e. The van der Waals surface area contributed by atoms with Gasteiger partial charge in [-0.2, -0.15) is 0 Å². The first-order valence-corrected chi connectivity index (χ1v) is 5.57. The van der Waals surface area contributed by atoms with Gasteiger partial charge in [0, 0.05) is 11.4 Å². The first kappa shape index (κ1) is 12.2. The van der Waals surface area contributed by atoms with Crippen LogP contribution in [0.4, 0.5) is 0 Å². The van der Waals surface area contributed by atoms with E-state index in [4.69, 9.17) is 11.6 Å². The lowest BCUT2D eigenvalue weighted by Crippen LogP contribution is -2.24. The number of carbonyl (C=O) groups excluding carboxylic acids is 1. The number of hydrogen-bond acceptors (Lipinski definition) is 2. The number of nitrogens with one attached hydrogen (secondary N) is 1. The normalized spacial score (nSPS) is 10.3. The first-order valence-electron chi connectivity index (χ1n) is 5.19. The standard InChI is InChI=1S/C12H16ClNO/c1-2-7-14-9-12(15)8-10-3-5-11(13)6-4-10/h3-6,14H,2,7-9H2,1H3. The molecular weight excluding hydrogens is 210 g/mol. The predicted molar refractivity (Wildman–Crippen MR) is 63.3 cm³/mol. The van der Waals surface area contributed by atoms with E-state index in [1.165, 1.54) is 0 Å². The molecule has 0 atom stereocenters. The molecule has 1 rings (SSSR count). The molecule has 15 heavy (non-hydrogen) atoms. The molecule has 1 aromatic carbocycles. The summed E-state index contributed by atoms with van der Waals surface area (Å²) in [7, 11) is 0. The fraction of sp³-hybridized carbons (Fsp3) is 0.417.